The Morgan fingerprint density at radius 2 is 1.60 bits per heavy atom. The number of rotatable bonds is 8. The van der Waals surface area contributed by atoms with Gasteiger partial charge in [0, 0.05) is 36.3 Å². The van der Waals surface area contributed by atoms with Crippen molar-refractivity contribution >= 4 is 32.6 Å². The van der Waals surface area contributed by atoms with E-state index in [1.165, 1.54) is 34.8 Å². The molecule has 0 atom stereocenters. The Balaban J connectivity index is 1.43. The number of benzene rings is 3. The van der Waals surface area contributed by atoms with Crippen LogP contribution in [0.4, 0.5) is 10.1 Å². The van der Waals surface area contributed by atoms with Crippen molar-refractivity contribution in [3.05, 3.63) is 77.6 Å². The van der Waals surface area contributed by atoms with Crippen LogP contribution in [0.5, 0.6) is 11.5 Å². The van der Waals surface area contributed by atoms with Gasteiger partial charge in [0.15, 0.2) is 0 Å². The van der Waals surface area contributed by atoms with Gasteiger partial charge in [-0.3, -0.25) is 4.31 Å². The van der Waals surface area contributed by atoms with Gasteiger partial charge in [0.2, 0.25) is 10.0 Å². The maximum Gasteiger partial charge on any atom is 0.340 e. The minimum Gasteiger partial charge on any atom is -0.478 e. The first-order valence-electron chi connectivity index (χ1n) is 13.1. The summed E-state index contributed by atoms with van der Waals surface area (Å²) in [5, 5.41) is 10.6. The van der Waals surface area contributed by atoms with Gasteiger partial charge in [-0.15, -0.1) is 0 Å². The van der Waals surface area contributed by atoms with E-state index in [1.807, 2.05) is 0 Å². The van der Waals surface area contributed by atoms with E-state index in [0.29, 0.717) is 59.8 Å². The minimum atomic E-state index is -3.63. The molecule has 0 amide bonds. The second kappa shape index (κ2) is 10.3. The fraction of sp³-hybridized carbons (Fsp3) is 0.300. The minimum absolute atomic E-state index is 0.0209. The van der Waals surface area contributed by atoms with Crippen LogP contribution in [0, 0.1) is 5.82 Å². The molecule has 8 nitrogen and oxygen atoms in total. The monoisotopic (exact) mass is 565 g/mol. The first-order valence-corrected chi connectivity index (χ1v) is 15.0. The predicted octanol–water partition coefficient (Wildman–Crippen LogP) is 6.55. The molecule has 3 aromatic carbocycles. The van der Waals surface area contributed by atoms with Gasteiger partial charge in [-0.2, -0.15) is 0 Å². The van der Waals surface area contributed by atoms with Gasteiger partial charge in [0.1, 0.15) is 34.2 Å². The maximum absolute atomic E-state index is 13.2. The van der Waals surface area contributed by atoms with E-state index in [1.54, 1.807) is 36.4 Å². The van der Waals surface area contributed by atoms with Gasteiger partial charge in [-0.05, 0) is 91.8 Å². The second-order valence-electron chi connectivity index (χ2n) is 10.3. The van der Waals surface area contributed by atoms with Crippen LogP contribution in [0.15, 0.2) is 65.1 Å². The third kappa shape index (κ3) is 5.16. The van der Waals surface area contributed by atoms with Crippen molar-refractivity contribution in [3.63, 3.8) is 0 Å². The highest BCUT2D eigenvalue weighted by atomic mass is 32.2. The Labute approximate surface area is 231 Å². The van der Waals surface area contributed by atoms with Crippen LogP contribution in [0.1, 0.15) is 47.5 Å². The first-order chi connectivity index (χ1) is 19.2. The molecule has 40 heavy (non-hydrogen) atoms. The number of carbonyl (C=O) groups is 1. The summed E-state index contributed by atoms with van der Waals surface area (Å²) in [5.74, 6) is -0.224. The molecular weight excluding hydrogens is 537 g/mol. The highest BCUT2D eigenvalue weighted by Gasteiger charge is 2.36. The van der Waals surface area contributed by atoms with Gasteiger partial charge in [-0.1, -0.05) is 0 Å². The molecular formula is C30H28FNO7S. The van der Waals surface area contributed by atoms with Crippen molar-refractivity contribution in [2.24, 2.45) is 0 Å². The fourth-order valence-electron chi connectivity index (χ4n) is 5.36. The number of ether oxygens (including phenoxy) is 2. The van der Waals surface area contributed by atoms with E-state index in [0.717, 1.165) is 18.4 Å². The number of fused-ring (bicyclic) bond motifs is 1. The lowest BCUT2D eigenvalue weighted by molar-refractivity contribution is 0.0699. The van der Waals surface area contributed by atoms with Crippen LogP contribution < -0.4 is 9.04 Å². The smallest absolute Gasteiger partial charge is 0.340 e. The lowest BCUT2D eigenvalue weighted by Crippen LogP contribution is -2.43. The number of aromatic carboxylic acids is 1. The molecule has 2 aliphatic rings. The predicted molar refractivity (Wildman–Crippen MR) is 148 cm³/mol. The summed E-state index contributed by atoms with van der Waals surface area (Å²) in [6, 6.07) is 15.6. The van der Waals surface area contributed by atoms with Crippen LogP contribution in [0.2, 0.25) is 0 Å². The summed E-state index contributed by atoms with van der Waals surface area (Å²) in [4.78, 5) is 12.5. The van der Waals surface area contributed by atoms with Gasteiger partial charge in [0.25, 0.3) is 0 Å². The van der Waals surface area contributed by atoms with Crippen molar-refractivity contribution in [3.8, 4) is 22.8 Å². The lowest BCUT2D eigenvalue weighted by atomic mass is 10.00. The Bertz CT molecular complexity index is 1670. The number of sulfonamides is 1. The summed E-state index contributed by atoms with van der Waals surface area (Å²) in [5.41, 5.74) is 2.22. The number of halogens is 1. The zero-order valence-electron chi connectivity index (χ0n) is 21.8. The molecule has 0 spiro atoms. The van der Waals surface area contributed by atoms with Crippen LogP contribution in [-0.4, -0.2) is 45.0 Å². The molecule has 4 aromatic rings. The van der Waals surface area contributed by atoms with Crippen LogP contribution in [0.3, 0.4) is 0 Å². The van der Waals surface area contributed by atoms with Crippen molar-refractivity contribution in [1.29, 1.82) is 0 Å². The molecule has 2 heterocycles. The van der Waals surface area contributed by atoms with E-state index in [4.69, 9.17) is 13.9 Å². The second-order valence-corrected chi connectivity index (χ2v) is 12.1. The highest BCUT2D eigenvalue weighted by molar-refractivity contribution is 7.92. The molecule has 1 saturated heterocycles. The molecule has 1 aliphatic carbocycles. The molecule has 208 valence electrons. The number of hydrogen-bond donors (Lipinski definition) is 1. The normalized spacial score (nSPS) is 16.2. The summed E-state index contributed by atoms with van der Waals surface area (Å²) >= 11 is 0. The molecule has 10 heteroatoms. The number of nitrogens with zero attached hydrogens (tertiary/aromatic N) is 1. The van der Waals surface area contributed by atoms with E-state index in [-0.39, 0.29) is 29.1 Å². The van der Waals surface area contributed by atoms with E-state index >= 15 is 0 Å². The van der Waals surface area contributed by atoms with Crippen LogP contribution >= 0.6 is 0 Å². The van der Waals surface area contributed by atoms with E-state index < -0.39 is 16.0 Å². The Hall–Kier alpha value is -3.89. The summed E-state index contributed by atoms with van der Waals surface area (Å²) in [6.45, 7) is 0.958. The first kappa shape index (κ1) is 26.3. The number of carboxylic acids is 1. The van der Waals surface area contributed by atoms with Crippen molar-refractivity contribution in [2.75, 3.05) is 23.8 Å². The standard InChI is InChI=1S/C30H28FNO7S/c1-40(35,36)32(21-12-14-37-15-13-21)26-17-27-25(16-24(26)18-2-3-18)28(30(33)34)29(39-27)19-4-8-22(9-5-19)38-23-10-6-20(31)7-11-23/h4-11,16-18,21H,2-3,12-15H2,1H3,(H,33,34). The summed E-state index contributed by atoms with van der Waals surface area (Å²) < 4.78 is 58.2. The zero-order valence-corrected chi connectivity index (χ0v) is 22.6. The average molecular weight is 566 g/mol. The van der Waals surface area contributed by atoms with Gasteiger partial charge in [0.05, 0.1) is 11.9 Å². The third-order valence-electron chi connectivity index (χ3n) is 7.35. The van der Waals surface area contributed by atoms with Crippen molar-refractivity contribution in [1.82, 2.24) is 0 Å². The van der Waals surface area contributed by atoms with Gasteiger partial charge < -0.3 is 19.0 Å². The van der Waals surface area contributed by atoms with Crippen molar-refractivity contribution < 1.29 is 36.6 Å². The molecule has 6 rings (SSSR count). The lowest BCUT2D eigenvalue weighted by Gasteiger charge is -2.35. The maximum atomic E-state index is 13.2. The Kier molecular flexibility index (Phi) is 6.75. The number of carboxylic acid groups (broad SMARTS) is 1. The summed E-state index contributed by atoms with van der Waals surface area (Å²) in [6.07, 6.45) is 4.17. The molecule has 1 aliphatic heterocycles. The van der Waals surface area contributed by atoms with Crippen LogP contribution in [0.25, 0.3) is 22.3 Å². The van der Waals surface area contributed by atoms with E-state index in [9.17, 15) is 22.7 Å². The van der Waals surface area contributed by atoms with E-state index in [2.05, 4.69) is 0 Å². The Morgan fingerprint density at radius 3 is 2.17 bits per heavy atom. The molecule has 0 bridgehead atoms. The third-order valence-corrected chi connectivity index (χ3v) is 8.56. The number of furan rings is 1. The molecule has 2 fully saturated rings. The van der Waals surface area contributed by atoms with Gasteiger partial charge in [-0.25, -0.2) is 17.6 Å². The van der Waals surface area contributed by atoms with Gasteiger partial charge >= 0.3 is 5.97 Å². The average Bonchev–Trinajstić information content (AvgIpc) is 3.70. The highest BCUT2D eigenvalue weighted by Crippen LogP contribution is 2.48. The quantitative estimate of drug-likeness (QED) is 0.258. The molecule has 0 unspecified atom stereocenters. The Morgan fingerprint density at radius 1 is 0.975 bits per heavy atom. The topological polar surface area (TPSA) is 106 Å². The van der Waals surface area contributed by atoms with Crippen molar-refractivity contribution in [2.45, 2.75) is 37.6 Å². The molecule has 0 radical (unpaired) electrons. The number of hydrogen-bond acceptors (Lipinski definition) is 6. The summed E-state index contributed by atoms with van der Waals surface area (Å²) in [7, 11) is -3.63. The SMILES string of the molecule is CS(=O)(=O)N(c1cc2oc(-c3ccc(Oc4ccc(F)cc4)cc3)c(C(=O)O)c2cc1C1CC1)C1CCOCC1. The molecule has 1 N–H and O–H groups in total. The fourth-order valence-corrected chi connectivity index (χ4v) is 6.62. The molecule has 1 aromatic heterocycles. The van der Waals surface area contributed by atoms with Crippen LogP contribution in [-0.2, 0) is 14.8 Å². The zero-order chi connectivity index (χ0) is 28.0. The largest absolute Gasteiger partial charge is 0.478 e. The molecule has 1 saturated carbocycles. The number of anilines is 1.